The van der Waals surface area contributed by atoms with Crippen LogP contribution in [0.3, 0.4) is 0 Å². The lowest BCUT2D eigenvalue weighted by atomic mass is 10.1. The maximum Gasteiger partial charge on any atom is 0.0594 e. The summed E-state index contributed by atoms with van der Waals surface area (Å²) in [4.78, 5) is 4.69. The molecule has 0 amide bonds. The highest BCUT2D eigenvalue weighted by Gasteiger charge is 2.12. The van der Waals surface area contributed by atoms with Gasteiger partial charge in [0.15, 0.2) is 0 Å². The van der Waals surface area contributed by atoms with Crippen molar-refractivity contribution in [1.29, 1.82) is 0 Å². The molecule has 1 fully saturated rings. The largest absolute Gasteiger partial charge is 0.398 e. The molecule has 1 aliphatic heterocycles. The van der Waals surface area contributed by atoms with Gasteiger partial charge in [-0.2, -0.15) is 0 Å². The molecule has 6 heteroatoms. The molecule has 0 unspecified atom stereocenters. The highest BCUT2D eigenvalue weighted by Crippen LogP contribution is 2.15. The van der Waals surface area contributed by atoms with Crippen LogP contribution in [0.4, 0.5) is 11.4 Å². The summed E-state index contributed by atoms with van der Waals surface area (Å²) in [6, 6.07) is 16.1. The lowest BCUT2D eigenvalue weighted by Gasteiger charge is -2.26. The molecule has 152 valence electrons. The quantitative estimate of drug-likeness (QED) is 0.787. The second-order valence-electron chi connectivity index (χ2n) is 7.17. The van der Waals surface area contributed by atoms with Crippen LogP contribution < -0.4 is 11.5 Å². The Morgan fingerprint density at radius 3 is 1.32 bits per heavy atom. The van der Waals surface area contributed by atoms with Crippen LogP contribution in [0.25, 0.3) is 0 Å². The Morgan fingerprint density at radius 2 is 0.964 bits per heavy atom. The number of benzene rings is 2. The van der Waals surface area contributed by atoms with Gasteiger partial charge in [-0.25, -0.2) is 0 Å². The number of ether oxygens (including phenoxy) is 2. The second-order valence-corrected chi connectivity index (χ2v) is 7.17. The Kier molecular flexibility index (Phi) is 8.11. The molecule has 2 aromatic rings. The number of nitrogens with zero attached hydrogens (tertiary/aromatic N) is 2. The first-order chi connectivity index (χ1) is 13.7. The molecule has 2 aromatic carbocycles. The molecule has 0 aromatic heterocycles. The van der Waals surface area contributed by atoms with Gasteiger partial charge >= 0.3 is 0 Å². The van der Waals surface area contributed by atoms with Crippen molar-refractivity contribution < 1.29 is 9.47 Å². The van der Waals surface area contributed by atoms with Crippen LogP contribution in [0.15, 0.2) is 48.5 Å². The molecule has 0 radical (unpaired) electrons. The summed E-state index contributed by atoms with van der Waals surface area (Å²) in [5.74, 6) is 0. The third-order valence-corrected chi connectivity index (χ3v) is 5.11. The van der Waals surface area contributed by atoms with Gasteiger partial charge in [0.05, 0.1) is 26.4 Å². The van der Waals surface area contributed by atoms with Crippen LogP contribution in [0, 0.1) is 0 Å². The predicted octanol–water partition coefficient (Wildman–Crippen LogP) is 2.20. The average Bonchev–Trinajstić information content (AvgIpc) is 2.68. The van der Waals surface area contributed by atoms with Crippen LogP contribution in [-0.4, -0.2) is 62.4 Å². The second kappa shape index (κ2) is 11.0. The lowest BCUT2D eigenvalue weighted by Crippen LogP contribution is -2.35. The molecule has 0 saturated carbocycles. The number of nitrogens with two attached hydrogens (primary N) is 2. The van der Waals surface area contributed by atoms with Crippen LogP contribution in [0.2, 0.25) is 0 Å². The molecular formula is C22H32N4O2. The van der Waals surface area contributed by atoms with Crippen LogP contribution in [-0.2, 0) is 22.6 Å². The topological polar surface area (TPSA) is 77.0 Å². The lowest BCUT2D eigenvalue weighted by molar-refractivity contribution is 0.0343. The van der Waals surface area contributed by atoms with E-state index in [4.69, 9.17) is 20.9 Å². The van der Waals surface area contributed by atoms with Crippen LogP contribution in [0.5, 0.6) is 0 Å². The van der Waals surface area contributed by atoms with Crippen molar-refractivity contribution in [3.05, 3.63) is 59.7 Å². The van der Waals surface area contributed by atoms with Gasteiger partial charge in [0, 0.05) is 50.6 Å². The molecule has 28 heavy (non-hydrogen) atoms. The molecule has 0 aliphatic carbocycles. The summed E-state index contributed by atoms with van der Waals surface area (Å²) in [7, 11) is 0. The molecular weight excluding hydrogens is 352 g/mol. The van der Waals surface area contributed by atoms with E-state index in [0.717, 1.165) is 61.8 Å². The van der Waals surface area contributed by atoms with Gasteiger partial charge in [-0.05, 0) is 23.3 Å². The van der Waals surface area contributed by atoms with Crippen molar-refractivity contribution in [1.82, 2.24) is 9.80 Å². The van der Waals surface area contributed by atoms with E-state index in [1.165, 1.54) is 0 Å². The number of hydrogen-bond acceptors (Lipinski definition) is 6. The maximum absolute atomic E-state index is 6.09. The van der Waals surface area contributed by atoms with Crippen molar-refractivity contribution in [3.8, 4) is 0 Å². The first-order valence-corrected chi connectivity index (χ1v) is 9.99. The smallest absolute Gasteiger partial charge is 0.0594 e. The minimum atomic E-state index is 0.702. The van der Waals surface area contributed by atoms with Gasteiger partial charge in [0.1, 0.15) is 0 Å². The zero-order valence-electron chi connectivity index (χ0n) is 16.6. The SMILES string of the molecule is Nc1ccccc1CN1CCOCCN(Cc2ccccc2N)CCOCC1. The van der Waals surface area contributed by atoms with Crippen molar-refractivity contribution in [2.24, 2.45) is 0 Å². The van der Waals surface area contributed by atoms with Crippen molar-refractivity contribution in [3.63, 3.8) is 0 Å². The molecule has 0 bridgehead atoms. The van der Waals surface area contributed by atoms with Gasteiger partial charge in [0.2, 0.25) is 0 Å². The fourth-order valence-electron chi connectivity index (χ4n) is 3.36. The fraction of sp³-hybridized carbons (Fsp3) is 0.455. The summed E-state index contributed by atoms with van der Waals surface area (Å²) in [5.41, 5.74) is 16.2. The van der Waals surface area contributed by atoms with Gasteiger partial charge in [0.25, 0.3) is 0 Å². The summed E-state index contributed by atoms with van der Waals surface area (Å²) >= 11 is 0. The summed E-state index contributed by atoms with van der Waals surface area (Å²) in [6.45, 7) is 7.90. The number of para-hydroxylation sites is 2. The van der Waals surface area contributed by atoms with E-state index in [2.05, 4.69) is 21.9 Å². The van der Waals surface area contributed by atoms with E-state index in [0.29, 0.717) is 26.4 Å². The summed E-state index contributed by atoms with van der Waals surface area (Å²) in [5, 5.41) is 0. The molecule has 0 atom stereocenters. The Balaban J connectivity index is 1.50. The van der Waals surface area contributed by atoms with Crippen molar-refractivity contribution in [2.45, 2.75) is 13.1 Å². The van der Waals surface area contributed by atoms with E-state index in [9.17, 15) is 0 Å². The highest BCUT2D eigenvalue weighted by molar-refractivity contribution is 5.46. The monoisotopic (exact) mass is 384 g/mol. The Morgan fingerprint density at radius 1 is 0.607 bits per heavy atom. The third kappa shape index (κ3) is 6.49. The standard InChI is InChI=1S/C22H32N4O2/c23-21-7-3-1-5-19(21)17-25-9-13-27-15-11-26(12-16-28-14-10-25)18-20-6-2-4-8-22(20)24/h1-8H,9-18,23-24H2. The van der Waals surface area contributed by atoms with E-state index in [1.807, 2.05) is 36.4 Å². The Labute approximate surface area is 168 Å². The van der Waals surface area contributed by atoms with E-state index in [-0.39, 0.29) is 0 Å². The normalized spacial score (nSPS) is 18.3. The number of hydrogen-bond donors (Lipinski definition) is 2. The van der Waals surface area contributed by atoms with Crippen LogP contribution >= 0.6 is 0 Å². The van der Waals surface area contributed by atoms with Gasteiger partial charge in [-0.1, -0.05) is 36.4 Å². The zero-order chi connectivity index (χ0) is 19.6. The first-order valence-electron chi connectivity index (χ1n) is 9.99. The van der Waals surface area contributed by atoms with E-state index in [1.54, 1.807) is 0 Å². The number of nitrogen functional groups attached to an aromatic ring is 2. The van der Waals surface area contributed by atoms with E-state index >= 15 is 0 Å². The molecule has 4 N–H and O–H groups in total. The molecule has 1 heterocycles. The molecule has 1 aliphatic rings. The summed E-state index contributed by atoms with van der Waals surface area (Å²) < 4.78 is 11.8. The number of rotatable bonds is 4. The first kappa shape index (κ1) is 20.6. The molecule has 6 nitrogen and oxygen atoms in total. The Hall–Kier alpha value is -2.12. The third-order valence-electron chi connectivity index (χ3n) is 5.11. The van der Waals surface area contributed by atoms with Gasteiger partial charge in [-0.3, -0.25) is 9.80 Å². The van der Waals surface area contributed by atoms with Crippen molar-refractivity contribution in [2.75, 3.05) is 64.1 Å². The molecule has 3 rings (SSSR count). The minimum Gasteiger partial charge on any atom is -0.398 e. The average molecular weight is 385 g/mol. The Bertz CT molecular complexity index is 652. The zero-order valence-corrected chi connectivity index (χ0v) is 16.6. The van der Waals surface area contributed by atoms with Crippen LogP contribution in [0.1, 0.15) is 11.1 Å². The summed E-state index contributed by atoms with van der Waals surface area (Å²) in [6.07, 6.45) is 0. The van der Waals surface area contributed by atoms with Crippen molar-refractivity contribution >= 4 is 11.4 Å². The molecule has 0 spiro atoms. The fourth-order valence-corrected chi connectivity index (χ4v) is 3.36. The highest BCUT2D eigenvalue weighted by atomic mass is 16.5. The molecule has 1 saturated heterocycles. The minimum absolute atomic E-state index is 0.702. The van der Waals surface area contributed by atoms with E-state index < -0.39 is 0 Å². The number of anilines is 2. The van der Waals surface area contributed by atoms with Gasteiger partial charge < -0.3 is 20.9 Å². The predicted molar refractivity (Wildman–Crippen MR) is 114 cm³/mol. The van der Waals surface area contributed by atoms with Gasteiger partial charge in [-0.15, -0.1) is 0 Å². The maximum atomic E-state index is 6.09.